The first kappa shape index (κ1) is 9.93. The van der Waals surface area contributed by atoms with Crippen LogP contribution >= 0.6 is 11.3 Å². The Hall–Kier alpha value is -0.610. The van der Waals surface area contributed by atoms with E-state index in [1.807, 2.05) is 0 Å². The molecule has 2 N–H and O–H groups in total. The lowest BCUT2D eigenvalue weighted by Gasteiger charge is -2.30. The fraction of sp³-hybridized carbons (Fsp3) is 0.700. The topological polar surface area (TPSA) is 42.2 Å². The van der Waals surface area contributed by atoms with Crippen molar-refractivity contribution in [3.8, 4) is 0 Å². The molecular weight excluding hydrogens is 194 g/mol. The Morgan fingerprint density at radius 2 is 2.29 bits per heavy atom. The second-order valence-corrected chi connectivity index (χ2v) is 5.17. The van der Waals surface area contributed by atoms with Crippen molar-refractivity contribution in [1.82, 2.24) is 4.98 Å². The molecule has 0 amide bonds. The summed E-state index contributed by atoms with van der Waals surface area (Å²) < 4.78 is 0. The van der Waals surface area contributed by atoms with Gasteiger partial charge in [0.05, 0.1) is 5.69 Å². The van der Waals surface area contributed by atoms with Crippen LogP contribution in [0.5, 0.6) is 0 Å². The lowest BCUT2D eigenvalue weighted by atomic mass is 10.1. The fourth-order valence-corrected chi connectivity index (χ4v) is 2.72. The minimum atomic E-state index is 0.327. The van der Waals surface area contributed by atoms with Crippen molar-refractivity contribution in [3.05, 3.63) is 10.6 Å². The number of nitrogens with zero attached hydrogens (tertiary/aromatic N) is 2. The molecule has 0 bridgehead atoms. The van der Waals surface area contributed by atoms with Gasteiger partial charge >= 0.3 is 0 Å². The Balaban J connectivity index is 2.14. The standard InChI is InChI=1S/C10H17N3S/c1-7-8(2)14-10(12-7)13-5-3-4-9(11)6-13/h9H,3-6,11H2,1-2H3. The summed E-state index contributed by atoms with van der Waals surface area (Å²) in [7, 11) is 0. The minimum Gasteiger partial charge on any atom is -0.347 e. The number of hydrogen-bond donors (Lipinski definition) is 1. The summed E-state index contributed by atoms with van der Waals surface area (Å²) in [6.45, 7) is 6.27. The summed E-state index contributed by atoms with van der Waals surface area (Å²) in [6, 6.07) is 0.327. The van der Waals surface area contributed by atoms with Gasteiger partial charge in [-0.15, -0.1) is 11.3 Å². The van der Waals surface area contributed by atoms with E-state index in [0.29, 0.717) is 6.04 Å². The van der Waals surface area contributed by atoms with Gasteiger partial charge < -0.3 is 10.6 Å². The molecule has 1 saturated heterocycles. The number of rotatable bonds is 1. The summed E-state index contributed by atoms with van der Waals surface area (Å²) in [5.74, 6) is 0. The number of aryl methyl sites for hydroxylation is 2. The first-order chi connectivity index (χ1) is 6.66. The molecule has 1 aliphatic rings. The molecule has 1 atom stereocenters. The van der Waals surface area contributed by atoms with Crippen molar-refractivity contribution in [3.63, 3.8) is 0 Å². The maximum atomic E-state index is 5.94. The monoisotopic (exact) mass is 211 g/mol. The van der Waals surface area contributed by atoms with Crippen LogP contribution in [0.25, 0.3) is 0 Å². The molecule has 0 saturated carbocycles. The second kappa shape index (κ2) is 3.87. The van der Waals surface area contributed by atoms with Crippen LogP contribution in [-0.2, 0) is 0 Å². The number of piperidine rings is 1. The van der Waals surface area contributed by atoms with E-state index >= 15 is 0 Å². The van der Waals surface area contributed by atoms with E-state index in [4.69, 9.17) is 5.73 Å². The smallest absolute Gasteiger partial charge is 0.185 e. The molecule has 0 spiro atoms. The quantitative estimate of drug-likeness (QED) is 0.768. The van der Waals surface area contributed by atoms with Gasteiger partial charge in [0.2, 0.25) is 0 Å². The zero-order chi connectivity index (χ0) is 10.1. The van der Waals surface area contributed by atoms with Crippen LogP contribution in [0.3, 0.4) is 0 Å². The van der Waals surface area contributed by atoms with Gasteiger partial charge in [0.15, 0.2) is 5.13 Å². The molecular formula is C10H17N3S. The molecule has 1 aromatic rings. The normalized spacial score (nSPS) is 22.8. The average Bonchev–Trinajstić information content (AvgIpc) is 2.47. The highest BCUT2D eigenvalue weighted by atomic mass is 32.1. The van der Waals surface area contributed by atoms with Crippen molar-refractivity contribution >= 4 is 16.5 Å². The highest BCUT2D eigenvalue weighted by molar-refractivity contribution is 7.15. The van der Waals surface area contributed by atoms with Crippen LogP contribution in [0.15, 0.2) is 0 Å². The van der Waals surface area contributed by atoms with Crippen LogP contribution in [0.4, 0.5) is 5.13 Å². The van der Waals surface area contributed by atoms with Gasteiger partial charge in [-0.25, -0.2) is 4.98 Å². The maximum absolute atomic E-state index is 5.94. The van der Waals surface area contributed by atoms with E-state index in [0.717, 1.165) is 30.3 Å². The molecule has 1 aromatic heterocycles. The highest BCUT2D eigenvalue weighted by Crippen LogP contribution is 2.27. The van der Waals surface area contributed by atoms with Crippen LogP contribution < -0.4 is 10.6 Å². The fourth-order valence-electron chi connectivity index (χ4n) is 1.77. The van der Waals surface area contributed by atoms with Gasteiger partial charge in [-0.1, -0.05) is 0 Å². The van der Waals surface area contributed by atoms with Gasteiger partial charge in [-0.05, 0) is 26.7 Å². The molecule has 0 aliphatic carbocycles. The first-order valence-corrected chi connectivity index (χ1v) is 5.93. The predicted molar refractivity (Wildman–Crippen MR) is 61.0 cm³/mol. The summed E-state index contributed by atoms with van der Waals surface area (Å²) in [5, 5.41) is 1.15. The number of thiazole rings is 1. The van der Waals surface area contributed by atoms with Crippen LogP contribution in [0, 0.1) is 13.8 Å². The van der Waals surface area contributed by atoms with E-state index in [1.165, 1.54) is 11.3 Å². The van der Waals surface area contributed by atoms with Crippen LogP contribution in [-0.4, -0.2) is 24.1 Å². The maximum Gasteiger partial charge on any atom is 0.185 e. The molecule has 1 fully saturated rings. The zero-order valence-corrected chi connectivity index (χ0v) is 9.60. The van der Waals surface area contributed by atoms with E-state index < -0.39 is 0 Å². The molecule has 2 rings (SSSR count). The molecule has 0 aromatic carbocycles. The minimum absolute atomic E-state index is 0.327. The van der Waals surface area contributed by atoms with Crippen molar-refractivity contribution in [1.29, 1.82) is 0 Å². The lowest BCUT2D eigenvalue weighted by molar-refractivity contribution is 0.505. The third-order valence-electron chi connectivity index (χ3n) is 2.75. The Labute approximate surface area is 88.9 Å². The van der Waals surface area contributed by atoms with Gasteiger partial charge in [0, 0.05) is 24.0 Å². The molecule has 14 heavy (non-hydrogen) atoms. The van der Waals surface area contributed by atoms with Crippen molar-refractivity contribution in [2.24, 2.45) is 5.73 Å². The molecule has 0 radical (unpaired) electrons. The number of anilines is 1. The number of nitrogens with two attached hydrogens (primary N) is 1. The Morgan fingerprint density at radius 1 is 1.50 bits per heavy atom. The number of hydrogen-bond acceptors (Lipinski definition) is 4. The van der Waals surface area contributed by atoms with Crippen molar-refractivity contribution in [2.75, 3.05) is 18.0 Å². The predicted octanol–water partition coefficient (Wildman–Crippen LogP) is 1.69. The Morgan fingerprint density at radius 3 is 2.86 bits per heavy atom. The van der Waals surface area contributed by atoms with Gasteiger partial charge in [0.25, 0.3) is 0 Å². The first-order valence-electron chi connectivity index (χ1n) is 5.11. The van der Waals surface area contributed by atoms with E-state index in [-0.39, 0.29) is 0 Å². The summed E-state index contributed by atoms with van der Waals surface area (Å²) in [6.07, 6.45) is 2.35. The van der Waals surface area contributed by atoms with Gasteiger partial charge in [-0.3, -0.25) is 0 Å². The molecule has 1 unspecified atom stereocenters. The Bertz CT molecular complexity index is 302. The third kappa shape index (κ3) is 1.91. The van der Waals surface area contributed by atoms with Crippen molar-refractivity contribution in [2.45, 2.75) is 32.7 Å². The summed E-state index contributed by atoms with van der Waals surface area (Å²) in [5.41, 5.74) is 7.10. The summed E-state index contributed by atoms with van der Waals surface area (Å²) >= 11 is 1.78. The molecule has 2 heterocycles. The van der Waals surface area contributed by atoms with E-state index in [9.17, 15) is 0 Å². The zero-order valence-electron chi connectivity index (χ0n) is 8.79. The van der Waals surface area contributed by atoms with Crippen LogP contribution in [0.1, 0.15) is 23.4 Å². The summed E-state index contributed by atoms with van der Waals surface area (Å²) in [4.78, 5) is 8.19. The van der Waals surface area contributed by atoms with Gasteiger partial charge in [-0.2, -0.15) is 0 Å². The molecule has 78 valence electrons. The average molecular weight is 211 g/mol. The second-order valence-electron chi connectivity index (χ2n) is 3.99. The Kier molecular flexibility index (Phi) is 2.74. The lowest BCUT2D eigenvalue weighted by Crippen LogP contribution is -2.42. The molecule has 3 nitrogen and oxygen atoms in total. The molecule has 1 aliphatic heterocycles. The van der Waals surface area contributed by atoms with E-state index in [2.05, 4.69) is 23.7 Å². The SMILES string of the molecule is Cc1nc(N2CCCC(N)C2)sc1C. The third-order valence-corrected chi connectivity index (χ3v) is 3.88. The molecule has 4 heteroatoms. The number of aromatic nitrogens is 1. The van der Waals surface area contributed by atoms with Crippen molar-refractivity contribution < 1.29 is 0 Å². The highest BCUT2D eigenvalue weighted by Gasteiger charge is 2.19. The van der Waals surface area contributed by atoms with E-state index in [1.54, 1.807) is 11.3 Å². The van der Waals surface area contributed by atoms with Gasteiger partial charge in [0.1, 0.15) is 0 Å². The van der Waals surface area contributed by atoms with Crippen LogP contribution in [0.2, 0.25) is 0 Å². The largest absolute Gasteiger partial charge is 0.347 e.